The topological polar surface area (TPSA) is 51.2 Å². The van der Waals surface area contributed by atoms with Crippen molar-refractivity contribution in [3.63, 3.8) is 0 Å². The number of nitrogens with zero attached hydrogens (tertiary/aromatic N) is 2. The minimum atomic E-state index is -0.0790. The molecule has 86 valence electrons. The summed E-state index contributed by atoms with van der Waals surface area (Å²) in [4.78, 5) is 3.31. The third-order valence-electron chi connectivity index (χ3n) is 3.01. The van der Waals surface area contributed by atoms with Crippen molar-refractivity contribution in [3.8, 4) is 5.75 Å². The molecule has 0 aliphatic carbocycles. The maximum atomic E-state index is 12.3. The third kappa shape index (κ3) is 1.40. The minimum Gasteiger partial charge on any atom is -0.872 e. The Labute approximate surface area is 108 Å². The molecule has 0 bridgehead atoms. The molecule has 0 heterocycles. The van der Waals surface area contributed by atoms with Crippen LogP contribution in [0.3, 0.4) is 0 Å². The maximum absolute atomic E-state index is 12.3. The molecule has 0 aromatic heterocycles. The molecule has 0 N–H and O–H groups in total. The first-order valence-electron chi connectivity index (χ1n) is 5.38. The number of halogens is 1. The summed E-state index contributed by atoms with van der Waals surface area (Å²) >= 11 is 5.93. The largest absolute Gasteiger partial charge is 0.872 e. The molecule has 0 unspecified atom stereocenters. The molecule has 0 atom stereocenters. The summed E-state index contributed by atoms with van der Waals surface area (Å²) in [5, 5.41) is 24.2. The number of hydrogen-bond donors (Lipinski definition) is 0. The second kappa shape index (κ2) is 3.86. The Morgan fingerprint density at radius 3 is 2.33 bits per heavy atom. The van der Waals surface area contributed by atoms with Gasteiger partial charge in [-0.25, -0.2) is 0 Å². The number of rotatable bonds is 0. The van der Waals surface area contributed by atoms with E-state index in [1.54, 1.807) is 42.5 Å². The standard InChI is InChI=1S/C14H7ClN2O/c15-8-5-6-11-12(7-8)13(17-16)9-3-1-2-4-10(9)14(11)18/h1-7H. The highest BCUT2D eigenvalue weighted by Crippen LogP contribution is 2.41. The highest BCUT2D eigenvalue weighted by molar-refractivity contribution is 6.32. The van der Waals surface area contributed by atoms with Gasteiger partial charge < -0.3 is 5.11 Å². The summed E-state index contributed by atoms with van der Waals surface area (Å²) < 4.78 is 0. The first-order chi connectivity index (χ1) is 8.72. The Bertz CT molecular complexity index is 821. The number of fused-ring (bicyclic) bond motifs is 2. The van der Waals surface area contributed by atoms with Crippen LogP contribution in [-0.2, 0) is 0 Å². The van der Waals surface area contributed by atoms with Crippen molar-refractivity contribution >= 4 is 38.8 Å². The van der Waals surface area contributed by atoms with Gasteiger partial charge >= 0.3 is 5.69 Å². The van der Waals surface area contributed by atoms with Crippen LogP contribution in [0.15, 0.2) is 42.5 Å². The van der Waals surface area contributed by atoms with Crippen LogP contribution in [0.1, 0.15) is 0 Å². The zero-order valence-corrected chi connectivity index (χ0v) is 9.98. The van der Waals surface area contributed by atoms with Crippen molar-refractivity contribution < 1.29 is 5.11 Å². The lowest BCUT2D eigenvalue weighted by molar-refractivity contribution is -0.263. The summed E-state index contributed by atoms with van der Waals surface area (Å²) in [7, 11) is 0. The molecule has 0 radical (unpaired) electrons. The molecule has 0 amide bonds. The molecule has 3 rings (SSSR count). The van der Waals surface area contributed by atoms with E-state index in [1.165, 1.54) is 0 Å². The van der Waals surface area contributed by atoms with Crippen LogP contribution in [0.2, 0.25) is 5.02 Å². The maximum Gasteiger partial charge on any atom is 0.400 e. The zero-order valence-electron chi connectivity index (χ0n) is 9.22. The Balaban J connectivity index is 2.67. The normalized spacial score (nSPS) is 10.7. The SMILES string of the molecule is N#[N+]c1c2ccccc2c([O-])c2ccc(Cl)cc12. The van der Waals surface area contributed by atoms with E-state index in [0.717, 1.165) is 0 Å². The Hall–Kier alpha value is -2.31. The van der Waals surface area contributed by atoms with Crippen LogP contribution in [0.4, 0.5) is 5.69 Å². The van der Waals surface area contributed by atoms with Gasteiger partial charge in [-0.05, 0) is 29.0 Å². The van der Waals surface area contributed by atoms with Crippen molar-refractivity contribution in [1.29, 1.82) is 5.39 Å². The Morgan fingerprint density at radius 2 is 1.61 bits per heavy atom. The van der Waals surface area contributed by atoms with E-state index in [9.17, 15) is 10.5 Å². The molecule has 18 heavy (non-hydrogen) atoms. The van der Waals surface area contributed by atoms with Crippen molar-refractivity contribution in [3.05, 3.63) is 52.5 Å². The van der Waals surface area contributed by atoms with Crippen molar-refractivity contribution in [2.45, 2.75) is 0 Å². The predicted molar refractivity (Wildman–Crippen MR) is 70.7 cm³/mol. The van der Waals surface area contributed by atoms with Crippen LogP contribution < -0.4 is 5.11 Å². The van der Waals surface area contributed by atoms with E-state index in [0.29, 0.717) is 32.3 Å². The van der Waals surface area contributed by atoms with Crippen LogP contribution >= 0.6 is 11.6 Å². The lowest BCUT2D eigenvalue weighted by Gasteiger charge is -2.13. The van der Waals surface area contributed by atoms with E-state index in [4.69, 9.17) is 11.6 Å². The van der Waals surface area contributed by atoms with Crippen molar-refractivity contribution in [2.24, 2.45) is 0 Å². The van der Waals surface area contributed by atoms with Crippen LogP contribution in [-0.4, -0.2) is 0 Å². The van der Waals surface area contributed by atoms with Gasteiger partial charge in [0.2, 0.25) is 5.39 Å². The second-order valence-corrected chi connectivity index (χ2v) is 4.45. The summed E-state index contributed by atoms with van der Waals surface area (Å²) in [6.07, 6.45) is 0. The molecular weight excluding hydrogens is 248 g/mol. The monoisotopic (exact) mass is 254 g/mol. The number of hydrogen-bond acceptors (Lipinski definition) is 2. The lowest BCUT2D eigenvalue weighted by Crippen LogP contribution is -1.93. The molecule has 3 aromatic carbocycles. The molecule has 0 saturated carbocycles. The molecule has 0 aliphatic heterocycles. The fourth-order valence-corrected chi connectivity index (χ4v) is 2.37. The molecule has 3 nitrogen and oxygen atoms in total. The second-order valence-electron chi connectivity index (χ2n) is 4.01. The van der Waals surface area contributed by atoms with Crippen molar-refractivity contribution in [1.82, 2.24) is 0 Å². The van der Waals surface area contributed by atoms with Gasteiger partial charge in [-0.15, -0.1) is 0 Å². The van der Waals surface area contributed by atoms with Gasteiger partial charge in [0.05, 0.1) is 10.8 Å². The van der Waals surface area contributed by atoms with Crippen LogP contribution in [0.5, 0.6) is 5.75 Å². The highest BCUT2D eigenvalue weighted by atomic mass is 35.5. The van der Waals surface area contributed by atoms with E-state index in [1.807, 2.05) is 0 Å². The van der Waals surface area contributed by atoms with Gasteiger partial charge in [-0.1, -0.05) is 41.6 Å². The predicted octanol–water partition coefficient (Wildman–Crippen LogP) is 4.20. The average molecular weight is 255 g/mol. The molecule has 3 aromatic rings. The van der Waals surface area contributed by atoms with Crippen molar-refractivity contribution in [2.75, 3.05) is 0 Å². The molecule has 0 spiro atoms. The van der Waals surface area contributed by atoms with Crippen LogP contribution in [0, 0.1) is 5.39 Å². The molecule has 0 aliphatic rings. The molecule has 4 heteroatoms. The summed E-state index contributed by atoms with van der Waals surface area (Å²) in [6.45, 7) is 0. The van der Waals surface area contributed by atoms with Gasteiger partial charge in [0.25, 0.3) is 0 Å². The summed E-state index contributed by atoms with van der Waals surface area (Å²) in [6, 6.07) is 12.0. The first-order valence-corrected chi connectivity index (χ1v) is 5.76. The van der Waals surface area contributed by atoms with E-state index >= 15 is 0 Å². The van der Waals surface area contributed by atoms with Gasteiger partial charge in [-0.2, -0.15) is 0 Å². The molecular formula is C14H7ClN2O. The van der Waals surface area contributed by atoms with Gasteiger partial charge in [0, 0.05) is 5.02 Å². The Kier molecular flexibility index (Phi) is 2.32. The van der Waals surface area contributed by atoms with Gasteiger partial charge in [-0.3, -0.25) is 0 Å². The van der Waals surface area contributed by atoms with E-state index < -0.39 is 0 Å². The Morgan fingerprint density at radius 1 is 0.944 bits per heavy atom. The minimum absolute atomic E-state index is 0.0790. The first kappa shape index (κ1) is 10.8. The fourth-order valence-electron chi connectivity index (χ4n) is 2.20. The van der Waals surface area contributed by atoms with E-state index in [-0.39, 0.29) is 5.75 Å². The van der Waals surface area contributed by atoms with Crippen LogP contribution in [0.25, 0.3) is 26.5 Å². The smallest absolute Gasteiger partial charge is 0.400 e. The molecule has 0 fully saturated rings. The quantitative estimate of drug-likeness (QED) is 0.446. The average Bonchev–Trinajstić information content (AvgIpc) is 2.39. The summed E-state index contributed by atoms with van der Waals surface area (Å²) in [5.74, 6) is -0.0790. The third-order valence-corrected chi connectivity index (χ3v) is 3.24. The van der Waals surface area contributed by atoms with Gasteiger partial charge in [0.1, 0.15) is 0 Å². The fraction of sp³-hybridized carbons (Fsp3) is 0. The number of diazo groups is 1. The molecule has 0 saturated heterocycles. The summed E-state index contributed by atoms with van der Waals surface area (Å²) in [5.41, 5.74) is 0.378. The lowest BCUT2D eigenvalue weighted by atomic mass is 10.00. The van der Waals surface area contributed by atoms with Gasteiger partial charge in [0.15, 0.2) is 4.98 Å². The van der Waals surface area contributed by atoms with E-state index in [2.05, 4.69) is 4.98 Å². The highest BCUT2D eigenvalue weighted by Gasteiger charge is 2.18. The number of benzene rings is 3. The zero-order chi connectivity index (χ0) is 12.7.